The van der Waals surface area contributed by atoms with E-state index in [4.69, 9.17) is 5.73 Å². The van der Waals surface area contributed by atoms with Crippen LogP contribution in [0.4, 0.5) is 0 Å². The molecule has 0 spiro atoms. The highest BCUT2D eigenvalue weighted by molar-refractivity contribution is 5.87. The lowest BCUT2D eigenvalue weighted by Gasteiger charge is -2.37. The minimum absolute atomic E-state index is 0.0290. The molecule has 1 aliphatic carbocycles. The first-order valence-electron chi connectivity index (χ1n) is 6.82. The van der Waals surface area contributed by atoms with Crippen LogP contribution in [-0.4, -0.2) is 29.8 Å². The Balaban J connectivity index is 1.63. The number of rotatable bonds is 2. The number of hydrogen-bond donors (Lipinski definition) is 1. The van der Waals surface area contributed by atoms with Crippen molar-refractivity contribution in [1.82, 2.24) is 4.90 Å². The average Bonchev–Trinajstić information content (AvgIpc) is 2.40. The number of carbonyl (C=O) groups excluding carboxylic acids is 2. The van der Waals surface area contributed by atoms with Crippen molar-refractivity contribution in [2.75, 3.05) is 13.1 Å². The van der Waals surface area contributed by atoms with Gasteiger partial charge in [0.15, 0.2) is 0 Å². The van der Waals surface area contributed by atoms with E-state index < -0.39 is 0 Å². The lowest BCUT2D eigenvalue weighted by atomic mass is 9.76. The van der Waals surface area contributed by atoms with Crippen LogP contribution in [0.2, 0.25) is 0 Å². The van der Waals surface area contributed by atoms with Gasteiger partial charge < -0.3 is 10.6 Å². The third-order valence-electron chi connectivity index (χ3n) is 4.36. The van der Waals surface area contributed by atoms with Crippen molar-refractivity contribution in [2.45, 2.75) is 25.2 Å². The van der Waals surface area contributed by atoms with Crippen LogP contribution in [-0.2, 0) is 16.0 Å². The van der Waals surface area contributed by atoms with E-state index >= 15 is 0 Å². The van der Waals surface area contributed by atoms with Crippen molar-refractivity contribution in [2.24, 2.45) is 11.7 Å². The molecule has 1 heterocycles. The Morgan fingerprint density at radius 2 is 1.84 bits per heavy atom. The van der Waals surface area contributed by atoms with Crippen LogP contribution in [0.15, 0.2) is 24.3 Å². The fourth-order valence-electron chi connectivity index (χ4n) is 3.08. The molecule has 0 aromatic heterocycles. The summed E-state index contributed by atoms with van der Waals surface area (Å²) >= 11 is 0. The Labute approximate surface area is 112 Å². The monoisotopic (exact) mass is 258 g/mol. The first-order valence-corrected chi connectivity index (χ1v) is 6.82. The molecule has 0 radical (unpaired) electrons. The molecule has 4 nitrogen and oxygen atoms in total. The van der Waals surface area contributed by atoms with E-state index in [-0.39, 0.29) is 23.7 Å². The molecular weight excluding hydrogens is 240 g/mol. The van der Waals surface area contributed by atoms with Gasteiger partial charge in [-0.15, -0.1) is 0 Å². The zero-order chi connectivity index (χ0) is 13.4. The lowest BCUT2D eigenvalue weighted by Crippen LogP contribution is -2.45. The van der Waals surface area contributed by atoms with E-state index in [0.717, 1.165) is 6.42 Å². The van der Waals surface area contributed by atoms with Crippen LogP contribution in [0.3, 0.4) is 0 Å². The van der Waals surface area contributed by atoms with Crippen LogP contribution in [0.5, 0.6) is 0 Å². The highest BCUT2D eigenvalue weighted by atomic mass is 16.2. The van der Waals surface area contributed by atoms with Crippen molar-refractivity contribution < 1.29 is 9.59 Å². The Morgan fingerprint density at radius 1 is 1.16 bits per heavy atom. The predicted molar refractivity (Wildman–Crippen MR) is 71.4 cm³/mol. The van der Waals surface area contributed by atoms with Gasteiger partial charge in [-0.25, -0.2) is 0 Å². The summed E-state index contributed by atoms with van der Waals surface area (Å²) in [5.41, 5.74) is 7.76. The minimum atomic E-state index is -0.235. The Morgan fingerprint density at radius 3 is 2.47 bits per heavy atom. The third kappa shape index (κ3) is 2.11. The smallest absolute Gasteiger partial charge is 0.230 e. The number of fused-ring (bicyclic) bond motifs is 1. The van der Waals surface area contributed by atoms with Gasteiger partial charge in [0, 0.05) is 19.0 Å². The van der Waals surface area contributed by atoms with Crippen LogP contribution >= 0.6 is 0 Å². The Kier molecular flexibility index (Phi) is 3.01. The quantitative estimate of drug-likeness (QED) is 0.861. The number of piperidine rings is 1. The van der Waals surface area contributed by atoms with E-state index in [0.29, 0.717) is 25.9 Å². The number of primary amides is 1. The van der Waals surface area contributed by atoms with Gasteiger partial charge in [-0.2, -0.15) is 0 Å². The molecule has 2 amide bonds. The zero-order valence-electron chi connectivity index (χ0n) is 10.8. The van der Waals surface area contributed by atoms with Gasteiger partial charge in [-0.05, 0) is 30.4 Å². The summed E-state index contributed by atoms with van der Waals surface area (Å²) in [5.74, 6) is -0.0539. The fourth-order valence-corrected chi connectivity index (χ4v) is 3.08. The molecular formula is C15H18N2O2. The molecule has 1 fully saturated rings. The lowest BCUT2D eigenvalue weighted by molar-refractivity contribution is -0.136. The van der Waals surface area contributed by atoms with E-state index in [1.54, 1.807) is 0 Å². The molecule has 4 heteroatoms. The van der Waals surface area contributed by atoms with Crippen molar-refractivity contribution in [3.63, 3.8) is 0 Å². The molecule has 1 aromatic carbocycles. The zero-order valence-corrected chi connectivity index (χ0v) is 10.8. The molecule has 3 rings (SSSR count). The molecule has 2 aliphatic rings. The summed E-state index contributed by atoms with van der Waals surface area (Å²) in [7, 11) is 0. The molecule has 1 aromatic rings. The largest absolute Gasteiger partial charge is 0.369 e. The Bertz CT molecular complexity index is 519. The van der Waals surface area contributed by atoms with Crippen LogP contribution in [0.1, 0.15) is 29.9 Å². The van der Waals surface area contributed by atoms with Gasteiger partial charge in [-0.3, -0.25) is 9.59 Å². The highest BCUT2D eigenvalue weighted by Crippen LogP contribution is 2.36. The molecule has 0 bridgehead atoms. The topological polar surface area (TPSA) is 63.4 Å². The second-order valence-electron chi connectivity index (χ2n) is 5.46. The van der Waals surface area contributed by atoms with E-state index in [2.05, 4.69) is 6.07 Å². The van der Waals surface area contributed by atoms with Gasteiger partial charge in [-0.1, -0.05) is 24.3 Å². The van der Waals surface area contributed by atoms with E-state index in [1.165, 1.54) is 11.1 Å². The maximum Gasteiger partial charge on any atom is 0.230 e. The molecule has 100 valence electrons. The number of amides is 2. The molecule has 19 heavy (non-hydrogen) atoms. The number of hydrogen-bond acceptors (Lipinski definition) is 2. The third-order valence-corrected chi connectivity index (χ3v) is 4.36. The predicted octanol–water partition coefficient (Wildman–Crippen LogP) is 1.05. The molecule has 1 saturated heterocycles. The van der Waals surface area contributed by atoms with Crippen molar-refractivity contribution >= 4 is 11.8 Å². The number of nitrogens with zero attached hydrogens (tertiary/aromatic N) is 1. The van der Waals surface area contributed by atoms with Gasteiger partial charge in [0.1, 0.15) is 0 Å². The normalized spacial score (nSPS) is 22.5. The summed E-state index contributed by atoms with van der Waals surface area (Å²) in [6, 6.07) is 8.12. The summed E-state index contributed by atoms with van der Waals surface area (Å²) in [4.78, 5) is 25.4. The maximum atomic E-state index is 12.4. The SMILES string of the molecule is NC(=O)C1CCN(C(=O)C2Cc3ccccc32)CC1. The van der Waals surface area contributed by atoms with Crippen LogP contribution in [0.25, 0.3) is 0 Å². The molecule has 1 atom stereocenters. The van der Waals surface area contributed by atoms with Crippen LogP contribution < -0.4 is 5.73 Å². The van der Waals surface area contributed by atoms with Gasteiger partial charge >= 0.3 is 0 Å². The first kappa shape index (κ1) is 12.2. The summed E-state index contributed by atoms with van der Waals surface area (Å²) in [6.07, 6.45) is 2.26. The first-order chi connectivity index (χ1) is 9.16. The van der Waals surface area contributed by atoms with Crippen LogP contribution in [0, 0.1) is 5.92 Å². The van der Waals surface area contributed by atoms with Crippen molar-refractivity contribution in [3.05, 3.63) is 35.4 Å². The summed E-state index contributed by atoms with van der Waals surface area (Å²) in [5, 5.41) is 0. The average molecular weight is 258 g/mol. The van der Waals surface area contributed by atoms with E-state index in [9.17, 15) is 9.59 Å². The molecule has 1 unspecified atom stereocenters. The number of likely N-dealkylation sites (tertiary alicyclic amines) is 1. The van der Waals surface area contributed by atoms with Gasteiger partial charge in [0.25, 0.3) is 0 Å². The maximum absolute atomic E-state index is 12.4. The molecule has 1 aliphatic heterocycles. The number of nitrogens with two attached hydrogens (primary N) is 1. The number of carbonyl (C=O) groups is 2. The fraction of sp³-hybridized carbons (Fsp3) is 0.467. The molecule has 2 N–H and O–H groups in total. The van der Waals surface area contributed by atoms with Gasteiger partial charge in [0.2, 0.25) is 11.8 Å². The van der Waals surface area contributed by atoms with Gasteiger partial charge in [0.05, 0.1) is 5.92 Å². The van der Waals surface area contributed by atoms with Crippen molar-refractivity contribution in [3.8, 4) is 0 Å². The Hall–Kier alpha value is -1.84. The summed E-state index contributed by atoms with van der Waals surface area (Å²) in [6.45, 7) is 1.32. The van der Waals surface area contributed by atoms with E-state index in [1.807, 2.05) is 23.1 Å². The molecule has 0 saturated carbocycles. The second kappa shape index (κ2) is 4.68. The minimum Gasteiger partial charge on any atom is -0.369 e. The van der Waals surface area contributed by atoms with Crippen molar-refractivity contribution in [1.29, 1.82) is 0 Å². The summed E-state index contributed by atoms with van der Waals surface area (Å²) < 4.78 is 0. The highest BCUT2D eigenvalue weighted by Gasteiger charge is 2.36. The number of benzene rings is 1. The standard InChI is InChI=1S/C15H18N2O2/c16-14(18)10-5-7-17(8-6-10)15(19)13-9-11-3-1-2-4-12(11)13/h1-4,10,13H,5-9H2,(H2,16,18). The second-order valence-corrected chi connectivity index (χ2v) is 5.46.